The molecular formula is C13H11ClN4O. The molecule has 1 aromatic carbocycles. The van der Waals surface area contributed by atoms with E-state index in [9.17, 15) is 4.79 Å². The molecule has 0 aliphatic heterocycles. The van der Waals surface area contributed by atoms with E-state index in [-0.39, 0.29) is 10.7 Å². The van der Waals surface area contributed by atoms with Gasteiger partial charge in [0.15, 0.2) is 11.0 Å². The van der Waals surface area contributed by atoms with Crippen molar-refractivity contribution in [3.05, 3.63) is 51.0 Å². The number of para-hydroxylation sites is 2. The minimum Gasteiger partial charge on any atom is -0.294 e. The normalized spacial score (nSPS) is 11.1. The lowest BCUT2D eigenvalue weighted by Crippen LogP contribution is -2.18. The van der Waals surface area contributed by atoms with Gasteiger partial charge in [-0.15, -0.1) is 0 Å². The first-order chi connectivity index (χ1) is 9.08. The molecule has 0 radical (unpaired) electrons. The van der Waals surface area contributed by atoms with E-state index in [1.54, 1.807) is 6.92 Å². The number of halogens is 1. The Bertz CT molecular complexity index is 834. The molecule has 0 atom stereocenters. The van der Waals surface area contributed by atoms with E-state index < -0.39 is 0 Å². The number of hydrogen-bond acceptors (Lipinski definition) is 3. The second-order valence-electron chi connectivity index (χ2n) is 4.33. The summed E-state index contributed by atoms with van der Waals surface area (Å²) in [6.45, 7) is 3.59. The summed E-state index contributed by atoms with van der Waals surface area (Å²) in [7, 11) is 0. The Morgan fingerprint density at radius 2 is 1.79 bits per heavy atom. The number of hydrogen-bond donors (Lipinski definition) is 1. The number of rotatable bonds is 1. The number of aromatic amines is 1. The molecule has 0 unspecified atom stereocenters. The zero-order valence-electron chi connectivity index (χ0n) is 10.4. The average Bonchev–Trinajstić information content (AvgIpc) is 2.66. The minimum absolute atomic E-state index is 0.163. The molecule has 0 aliphatic carbocycles. The van der Waals surface area contributed by atoms with Crippen molar-refractivity contribution in [3.8, 4) is 5.82 Å². The van der Waals surface area contributed by atoms with Gasteiger partial charge in [-0.1, -0.05) is 23.7 Å². The van der Waals surface area contributed by atoms with Gasteiger partial charge in [-0.3, -0.25) is 9.89 Å². The van der Waals surface area contributed by atoms with Gasteiger partial charge in [-0.25, -0.2) is 9.97 Å². The smallest absolute Gasteiger partial charge is 0.275 e. The van der Waals surface area contributed by atoms with Gasteiger partial charge >= 0.3 is 0 Å². The van der Waals surface area contributed by atoms with Gasteiger partial charge in [0.05, 0.1) is 11.0 Å². The Balaban J connectivity index is 2.33. The standard InChI is InChI=1S/C13H11ClN4O/c1-7-8(2)17-18(13(7)19)12-11(14)15-9-5-3-4-6-10(9)16-12/h3-6,17H,1-2H3. The van der Waals surface area contributed by atoms with E-state index >= 15 is 0 Å². The molecule has 0 saturated carbocycles. The molecule has 1 N–H and O–H groups in total. The van der Waals surface area contributed by atoms with Crippen molar-refractivity contribution in [3.63, 3.8) is 0 Å². The van der Waals surface area contributed by atoms with Crippen molar-refractivity contribution in [2.75, 3.05) is 0 Å². The monoisotopic (exact) mass is 274 g/mol. The summed E-state index contributed by atoms with van der Waals surface area (Å²) >= 11 is 6.12. The summed E-state index contributed by atoms with van der Waals surface area (Å²) < 4.78 is 1.33. The quantitative estimate of drug-likeness (QED) is 0.741. The average molecular weight is 275 g/mol. The Hall–Kier alpha value is -2.14. The molecule has 5 nitrogen and oxygen atoms in total. The second-order valence-corrected chi connectivity index (χ2v) is 4.69. The summed E-state index contributed by atoms with van der Waals surface area (Å²) in [5.74, 6) is 0.321. The minimum atomic E-state index is -0.163. The molecule has 0 aliphatic rings. The van der Waals surface area contributed by atoms with E-state index in [4.69, 9.17) is 11.6 Å². The zero-order valence-corrected chi connectivity index (χ0v) is 11.2. The molecule has 3 aromatic rings. The van der Waals surface area contributed by atoms with Gasteiger partial charge in [-0.05, 0) is 26.0 Å². The van der Waals surface area contributed by atoms with Crippen molar-refractivity contribution < 1.29 is 0 Å². The number of aromatic nitrogens is 4. The maximum atomic E-state index is 12.1. The van der Waals surface area contributed by atoms with Crippen molar-refractivity contribution in [1.82, 2.24) is 19.7 Å². The van der Waals surface area contributed by atoms with Crippen LogP contribution in [0.3, 0.4) is 0 Å². The maximum absolute atomic E-state index is 12.1. The molecule has 19 heavy (non-hydrogen) atoms. The highest BCUT2D eigenvalue weighted by Gasteiger charge is 2.14. The maximum Gasteiger partial charge on any atom is 0.275 e. The summed E-state index contributed by atoms with van der Waals surface area (Å²) in [6, 6.07) is 7.38. The summed E-state index contributed by atoms with van der Waals surface area (Å²) in [6.07, 6.45) is 0. The predicted octanol–water partition coefficient (Wildman–Crippen LogP) is 2.38. The van der Waals surface area contributed by atoms with Crippen LogP contribution >= 0.6 is 11.6 Å². The first-order valence-electron chi connectivity index (χ1n) is 5.79. The predicted molar refractivity (Wildman–Crippen MR) is 74.0 cm³/mol. The second kappa shape index (κ2) is 4.20. The zero-order chi connectivity index (χ0) is 13.6. The van der Waals surface area contributed by atoms with E-state index in [0.29, 0.717) is 22.4 Å². The van der Waals surface area contributed by atoms with Gasteiger partial charge in [0.1, 0.15) is 0 Å². The Kier molecular flexibility index (Phi) is 2.64. The van der Waals surface area contributed by atoms with Crippen LogP contribution in [0.15, 0.2) is 29.1 Å². The van der Waals surface area contributed by atoms with E-state index in [0.717, 1.165) is 5.69 Å². The van der Waals surface area contributed by atoms with Crippen LogP contribution in [0.5, 0.6) is 0 Å². The van der Waals surface area contributed by atoms with Gasteiger partial charge in [-0.2, -0.15) is 4.68 Å². The van der Waals surface area contributed by atoms with E-state index in [1.165, 1.54) is 4.68 Å². The number of nitrogens with zero attached hydrogens (tertiary/aromatic N) is 3. The summed E-state index contributed by atoms with van der Waals surface area (Å²) in [5, 5.41) is 3.15. The number of benzene rings is 1. The van der Waals surface area contributed by atoms with Crippen LogP contribution in [0.2, 0.25) is 5.15 Å². The van der Waals surface area contributed by atoms with Crippen molar-refractivity contribution in [1.29, 1.82) is 0 Å². The first-order valence-corrected chi connectivity index (χ1v) is 6.16. The van der Waals surface area contributed by atoms with Crippen LogP contribution in [0.1, 0.15) is 11.3 Å². The summed E-state index contributed by atoms with van der Waals surface area (Å²) in [4.78, 5) is 20.7. The first kappa shape index (κ1) is 11.9. The third-order valence-corrected chi connectivity index (χ3v) is 3.34. The topological polar surface area (TPSA) is 63.6 Å². The van der Waals surface area contributed by atoms with Gasteiger partial charge < -0.3 is 0 Å². The molecule has 6 heteroatoms. The molecule has 2 heterocycles. The lowest BCUT2D eigenvalue weighted by molar-refractivity contribution is 0.806. The molecule has 0 bridgehead atoms. The van der Waals surface area contributed by atoms with Crippen LogP contribution < -0.4 is 5.56 Å². The van der Waals surface area contributed by atoms with Crippen molar-refractivity contribution in [2.24, 2.45) is 0 Å². The van der Waals surface area contributed by atoms with Crippen LogP contribution in [0.4, 0.5) is 0 Å². The van der Waals surface area contributed by atoms with E-state index in [2.05, 4.69) is 15.1 Å². The molecule has 2 aromatic heterocycles. The lowest BCUT2D eigenvalue weighted by atomic mass is 10.3. The molecule has 0 saturated heterocycles. The molecule has 0 fully saturated rings. The van der Waals surface area contributed by atoms with Gasteiger partial charge in [0.2, 0.25) is 0 Å². The van der Waals surface area contributed by atoms with Crippen molar-refractivity contribution in [2.45, 2.75) is 13.8 Å². The molecule has 0 amide bonds. The summed E-state index contributed by atoms with van der Waals surface area (Å²) in [5.41, 5.74) is 2.66. The highest BCUT2D eigenvalue weighted by molar-refractivity contribution is 6.31. The SMILES string of the molecule is Cc1[nH]n(-c2nc3ccccc3nc2Cl)c(=O)c1C. The highest BCUT2D eigenvalue weighted by atomic mass is 35.5. The van der Waals surface area contributed by atoms with Crippen LogP contribution in [0.25, 0.3) is 16.9 Å². The van der Waals surface area contributed by atoms with Gasteiger partial charge in [0.25, 0.3) is 5.56 Å². The number of fused-ring (bicyclic) bond motifs is 1. The van der Waals surface area contributed by atoms with Crippen molar-refractivity contribution >= 4 is 22.6 Å². The third-order valence-electron chi connectivity index (χ3n) is 3.09. The fourth-order valence-electron chi connectivity index (χ4n) is 1.89. The molecular weight excluding hydrogens is 264 g/mol. The number of H-pyrrole nitrogens is 1. The van der Waals surface area contributed by atoms with Crippen LogP contribution in [-0.4, -0.2) is 19.7 Å². The fourth-order valence-corrected chi connectivity index (χ4v) is 2.11. The molecule has 96 valence electrons. The van der Waals surface area contributed by atoms with Crippen LogP contribution in [0, 0.1) is 13.8 Å². The number of aryl methyl sites for hydroxylation is 1. The fraction of sp³-hybridized carbons (Fsp3) is 0.154. The Morgan fingerprint density at radius 3 is 2.37 bits per heavy atom. The van der Waals surface area contributed by atoms with Gasteiger partial charge in [0, 0.05) is 11.3 Å². The Labute approximate surface area is 113 Å². The molecule has 3 rings (SSSR count). The largest absolute Gasteiger partial charge is 0.294 e. The molecule has 0 spiro atoms. The van der Waals surface area contributed by atoms with E-state index in [1.807, 2.05) is 31.2 Å². The highest BCUT2D eigenvalue weighted by Crippen LogP contribution is 2.19. The lowest BCUT2D eigenvalue weighted by Gasteiger charge is -2.04. The Morgan fingerprint density at radius 1 is 1.16 bits per heavy atom. The third kappa shape index (κ3) is 1.82. The van der Waals surface area contributed by atoms with Crippen LogP contribution in [-0.2, 0) is 0 Å². The number of nitrogens with one attached hydrogen (secondary N) is 1.